The van der Waals surface area contributed by atoms with Crippen LogP contribution in [-0.4, -0.2) is 59.1 Å². The Balaban J connectivity index is 1.53. The number of amides is 1. The standard InChI is InChI=1S/C34H48BNO7/c1-31(2,3)41-30(38)36-23-28(39-24-26-16-10-8-11-17-26)22-34(36,29(37)40-25-27-18-12-9-13-19-27)20-14-15-21-35-42-32(4,5)33(6,7)43-35/h8-13,16-19,28H,14-15,20-25H2,1-7H3/t28-,34?/m1/s1. The van der Waals surface area contributed by atoms with Crippen molar-refractivity contribution in [1.82, 2.24) is 4.90 Å². The maximum atomic E-state index is 14.1. The predicted molar refractivity (Wildman–Crippen MR) is 166 cm³/mol. The van der Waals surface area contributed by atoms with E-state index in [9.17, 15) is 9.59 Å². The Labute approximate surface area is 257 Å². The maximum absolute atomic E-state index is 14.1. The van der Waals surface area contributed by atoms with Gasteiger partial charge in [-0.3, -0.25) is 4.90 Å². The molecule has 8 nitrogen and oxygen atoms in total. The van der Waals surface area contributed by atoms with Crippen molar-refractivity contribution in [2.24, 2.45) is 0 Å². The van der Waals surface area contributed by atoms with Crippen molar-refractivity contribution in [3.63, 3.8) is 0 Å². The van der Waals surface area contributed by atoms with Crippen LogP contribution in [0.1, 0.15) is 85.3 Å². The van der Waals surface area contributed by atoms with Crippen LogP contribution in [-0.2, 0) is 41.5 Å². The second-order valence-corrected chi connectivity index (χ2v) is 13.7. The lowest BCUT2D eigenvalue weighted by atomic mass is 9.80. The van der Waals surface area contributed by atoms with E-state index in [0.717, 1.165) is 17.5 Å². The lowest BCUT2D eigenvalue weighted by Gasteiger charge is -2.37. The minimum Gasteiger partial charge on any atom is -0.459 e. The zero-order valence-electron chi connectivity index (χ0n) is 26.9. The summed E-state index contributed by atoms with van der Waals surface area (Å²) >= 11 is 0. The average Bonchev–Trinajstić information content (AvgIpc) is 3.42. The topological polar surface area (TPSA) is 83.5 Å². The van der Waals surface area contributed by atoms with Crippen molar-refractivity contribution < 1.29 is 33.1 Å². The van der Waals surface area contributed by atoms with Crippen LogP contribution in [0.4, 0.5) is 4.79 Å². The highest BCUT2D eigenvalue weighted by atomic mass is 16.7. The van der Waals surface area contributed by atoms with Crippen LogP contribution in [0.2, 0.25) is 6.32 Å². The van der Waals surface area contributed by atoms with Crippen molar-refractivity contribution >= 4 is 19.2 Å². The maximum Gasteiger partial charge on any atom is 0.457 e. The third kappa shape index (κ3) is 8.40. The van der Waals surface area contributed by atoms with Crippen LogP contribution < -0.4 is 0 Å². The van der Waals surface area contributed by atoms with Crippen LogP contribution in [0.15, 0.2) is 60.7 Å². The first-order chi connectivity index (χ1) is 20.2. The van der Waals surface area contributed by atoms with E-state index in [2.05, 4.69) is 0 Å². The SMILES string of the molecule is CC(C)(C)OC(=O)N1C[C@H](OCc2ccccc2)CC1(CCCCB1OC(C)(C)C(C)(C)O1)C(=O)OCc1ccccc1. The number of ether oxygens (including phenoxy) is 3. The molecule has 4 rings (SSSR count). The molecule has 2 fully saturated rings. The molecule has 2 aliphatic rings. The van der Waals surface area contributed by atoms with E-state index >= 15 is 0 Å². The Morgan fingerprint density at radius 3 is 2.00 bits per heavy atom. The highest BCUT2D eigenvalue weighted by Gasteiger charge is 2.56. The van der Waals surface area contributed by atoms with Crippen molar-refractivity contribution in [3.05, 3.63) is 71.8 Å². The molecule has 9 heteroatoms. The van der Waals surface area contributed by atoms with Crippen LogP contribution in [0.3, 0.4) is 0 Å². The van der Waals surface area contributed by atoms with Gasteiger partial charge in [-0.15, -0.1) is 0 Å². The van der Waals surface area contributed by atoms with E-state index < -0.39 is 34.4 Å². The summed E-state index contributed by atoms with van der Waals surface area (Å²) in [4.78, 5) is 29.3. The number of rotatable bonds is 11. The zero-order valence-corrected chi connectivity index (χ0v) is 26.9. The van der Waals surface area contributed by atoms with Gasteiger partial charge in [0, 0.05) is 6.42 Å². The molecule has 2 aromatic carbocycles. The van der Waals surface area contributed by atoms with Crippen molar-refractivity contribution in [2.75, 3.05) is 6.54 Å². The Kier molecular flexibility index (Phi) is 10.3. The molecule has 1 unspecified atom stereocenters. The molecule has 234 valence electrons. The molecule has 2 saturated heterocycles. The molecule has 0 bridgehead atoms. The van der Waals surface area contributed by atoms with E-state index in [4.69, 9.17) is 23.5 Å². The van der Waals surface area contributed by atoms with Gasteiger partial charge < -0.3 is 23.5 Å². The van der Waals surface area contributed by atoms with Gasteiger partial charge in [-0.2, -0.15) is 0 Å². The van der Waals surface area contributed by atoms with E-state index in [1.807, 2.05) is 109 Å². The average molecular weight is 594 g/mol. The fourth-order valence-electron chi connectivity index (χ4n) is 5.60. The summed E-state index contributed by atoms with van der Waals surface area (Å²) in [7, 11) is -0.321. The van der Waals surface area contributed by atoms with Gasteiger partial charge >= 0.3 is 19.2 Å². The first-order valence-corrected chi connectivity index (χ1v) is 15.4. The van der Waals surface area contributed by atoms with E-state index in [1.54, 1.807) is 4.90 Å². The number of carbonyl (C=O) groups excluding carboxylic acids is 2. The molecule has 1 amide bonds. The van der Waals surface area contributed by atoms with Gasteiger partial charge in [0.05, 0.1) is 30.5 Å². The molecular formula is C34H48BNO7. The summed E-state index contributed by atoms with van der Waals surface area (Å²) in [6.45, 7) is 14.4. The van der Waals surface area contributed by atoms with Gasteiger partial charge in [-0.25, -0.2) is 9.59 Å². The van der Waals surface area contributed by atoms with Gasteiger partial charge in [0.2, 0.25) is 0 Å². The highest BCUT2D eigenvalue weighted by molar-refractivity contribution is 6.45. The third-order valence-corrected chi connectivity index (χ3v) is 8.59. The summed E-state index contributed by atoms with van der Waals surface area (Å²) < 4.78 is 30.4. The molecule has 2 aliphatic heterocycles. The van der Waals surface area contributed by atoms with Gasteiger partial charge in [0.1, 0.15) is 17.7 Å². The molecule has 0 aromatic heterocycles. The number of likely N-dealkylation sites (tertiary alicyclic amines) is 1. The fraction of sp³-hybridized carbons (Fsp3) is 0.588. The van der Waals surface area contributed by atoms with Gasteiger partial charge in [0.15, 0.2) is 0 Å². The van der Waals surface area contributed by atoms with Crippen molar-refractivity contribution in [1.29, 1.82) is 0 Å². The summed E-state index contributed by atoms with van der Waals surface area (Å²) in [5.74, 6) is -0.441. The number of unbranched alkanes of at least 4 members (excludes halogenated alkanes) is 1. The molecule has 0 saturated carbocycles. The van der Waals surface area contributed by atoms with Crippen LogP contribution >= 0.6 is 0 Å². The minimum absolute atomic E-state index is 0.118. The largest absolute Gasteiger partial charge is 0.459 e. The number of carbonyl (C=O) groups is 2. The number of hydrogen-bond acceptors (Lipinski definition) is 7. The number of benzene rings is 2. The number of esters is 1. The molecule has 43 heavy (non-hydrogen) atoms. The Hall–Kier alpha value is -2.88. The normalized spacial score (nSPS) is 22.9. The van der Waals surface area contributed by atoms with Crippen LogP contribution in [0.5, 0.6) is 0 Å². The van der Waals surface area contributed by atoms with Gasteiger partial charge in [-0.05, 0) is 72.3 Å². The van der Waals surface area contributed by atoms with Crippen molar-refractivity contribution in [3.8, 4) is 0 Å². The second-order valence-electron chi connectivity index (χ2n) is 13.7. The van der Waals surface area contributed by atoms with Crippen molar-refractivity contribution in [2.45, 2.75) is 122 Å². The number of nitrogens with zero attached hydrogens (tertiary/aromatic N) is 1. The van der Waals surface area contributed by atoms with Gasteiger partial charge in [0.25, 0.3) is 0 Å². The van der Waals surface area contributed by atoms with E-state index in [-0.39, 0.29) is 26.4 Å². The van der Waals surface area contributed by atoms with Crippen LogP contribution in [0.25, 0.3) is 0 Å². The number of hydrogen-bond donors (Lipinski definition) is 0. The van der Waals surface area contributed by atoms with Crippen LogP contribution in [0, 0.1) is 0 Å². The molecule has 0 radical (unpaired) electrons. The zero-order chi connectivity index (χ0) is 31.3. The summed E-state index contributed by atoms with van der Waals surface area (Å²) in [6.07, 6.45) is 1.93. The molecule has 2 aromatic rings. The Morgan fingerprint density at radius 1 is 0.884 bits per heavy atom. The first kappa shape index (κ1) is 33.0. The Bertz CT molecular complexity index is 1200. The quantitative estimate of drug-likeness (QED) is 0.158. The smallest absolute Gasteiger partial charge is 0.457 e. The third-order valence-electron chi connectivity index (χ3n) is 8.59. The molecular weight excluding hydrogens is 545 g/mol. The summed E-state index contributed by atoms with van der Waals surface area (Å²) in [6, 6.07) is 19.4. The summed E-state index contributed by atoms with van der Waals surface area (Å²) in [5, 5.41) is 0. The molecule has 2 heterocycles. The molecule has 0 spiro atoms. The molecule has 2 atom stereocenters. The molecule has 0 N–H and O–H groups in total. The summed E-state index contributed by atoms with van der Waals surface area (Å²) in [5.41, 5.74) is -0.848. The fourth-order valence-corrected chi connectivity index (χ4v) is 5.60. The monoisotopic (exact) mass is 593 g/mol. The minimum atomic E-state index is -1.23. The Morgan fingerprint density at radius 2 is 1.44 bits per heavy atom. The van der Waals surface area contributed by atoms with Gasteiger partial charge in [-0.1, -0.05) is 73.5 Å². The first-order valence-electron chi connectivity index (χ1n) is 15.4. The second kappa shape index (κ2) is 13.4. The lowest BCUT2D eigenvalue weighted by Crippen LogP contribution is -2.55. The highest BCUT2D eigenvalue weighted by Crippen LogP contribution is 2.41. The van der Waals surface area contributed by atoms with E-state index in [0.29, 0.717) is 32.2 Å². The predicted octanol–water partition coefficient (Wildman–Crippen LogP) is 6.96. The lowest BCUT2D eigenvalue weighted by molar-refractivity contribution is -0.158. The molecule has 0 aliphatic carbocycles. The van der Waals surface area contributed by atoms with E-state index in [1.165, 1.54) is 0 Å².